The molecule has 0 bridgehead atoms. The van der Waals surface area contributed by atoms with E-state index in [0.717, 1.165) is 11.1 Å². The van der Waals surface area contributed by atoms with E-state index in [4.69, 9.17) is 0 Å². The zero-order valence-electron chi connectivity index (χ0n) is 15.4. The van der Waals surface area contributed by atoms with Crippen molar-refractivity contribution in [3.63, 3.8) is 0 Å². The van der Waals surface area contributed by atoms with Crippen LogP contribution in [0.5, 0.6) is 0 Å². The van der Waals surface area contributed by atoms with Gasteiger partial charge in [-0.2, -0.15) is 0 Å². The first-order valence-corrected chi connectivity index (χ1v) is 8.87. The molecule has 27 heavy (non-hydrogen) atoms. The number of benzene rings is 3. The standard InChI is InChI=1S/C23H22N2O2/c1-16-11-13-19(14-12-16)22(26)25-21-10-6-9-20(15-21)23(27)24-17(2)18-7-4-3-5-8-18/h3-15,17H,1-2H3,(H,24,27)(H,25,26). The maximum atomic E-state index is 12.6. The highest BCUT2D eigenvalue weighted by Crippen LogP contribution is 2.16. The lowest BCUT2D eigenvalue weighted by molar-refractivity contribution is 0.0938. The zero-order valence-corrected chi connectivity index (χ0v) is 15.4. The molecule has 0 saturated heterocycles. The van der Waals surface area contributed by atoms with Crippen molar-refractivity contribution in [1.29, 1.82) is 0 Å². The third kappa shape index (κ3) is 4.82. The fourth-order valence-electron chi connectivity index (χ4n) is 2.75. The van der Waals surface area contributed by atoms with Crippen molar-refractivity contribution in [2.24, 2.45) is 0 Å². The molecule has 2 N–H and O–H groups in total. The van der Waals surface area contributed by atoms with E-state index in [0.29, 0.717) is 16.8 Å². The van der Waals surface area contributed by atoms with Crippen LogP contribution >= 0.6 is 0 Å². The highest BCUT2D eigenvalue weighted by molar-refractivity contribution is 6.05. The van der Waals surface area contributed by atoms with Gasteiger partial charge in [-0.25, -0.2) is 0 Å². The fraction of sp³-hybridized carbons (Fsp3) is 0.130. The normalized spacial score (nSPS) is 11.5. The Balaban J connectivity index is 1.68. The summed E-state index contributed by atoms with van der Waals surface area (Å²) >= 11 is 0. The van der Waals surface area contributed by atoms with E-state index in [1.165, 1.54) is 0 Å². The van der Waals surface area contributed by atoms with Crippen LogP contribution in [-0.2, 0) is 0 Å². The average Bonchev–Trinajstić information content (AvgIpc) is 2.69. The van der Waals surface area contributed by atoms with E-state index in [2.05, 4.69) is 10.6 Å². The van der Waals surface area contributed by atoms with Crippen LogP contribution in [0.15, 0.2) is 78.9 Å². The molecule has 4 heteroatoms. The molecule has 136 valence electrons. The third-order valence-electron chi connectivity index (χ3n) is 4.34. The Labute approximate surface area is 159 Å². The van der Waals surface area contributed by atoms with E-state index in [1.54, 1.807) is 36.4 Å². The van der Waals surface area contributed by atoms with Gasteiger partial charge in [-0.3, -0.25) is 9.59 Å². The number of nitrogens with one attached hydrogen (secondary N) is 2. The van der Waals surface area contributed by atoms with E-state index in [-0.39, 0.29) is 17.9 Å². The summed E-state index contributed by atoms with van der Waals surface area (Å²) in [6.07, 6.45) is 0. The summed E-state index contributed by atoms with van der Waals surface area (Å²) < 4.78 is 0. The maximum Gasteiger partial charge on any atom is 0.255 e. The fourth-order valence-corrected chi connectivity index (χ4v) is 2.75. The first kappa shape index (κ1) is 18.4. The predicted molar refractivity (Wildman–Crippen MR) is 108 cm³/mol. The molecule has 0 aliphatic heterocycles. The highest BCUT2D eigenvalue weighted by atomic mass is 16.2. The molecule has 4 nitrogen and oxygen atoms in total. The van der Waals surface area contributed by atoms with Crippen LogP contribution < -0.4 is 10.6 Å². The lowest BCUT2D eigenvalue weighted by Gasteiger charge is -2.15. The van der Waals surface area contributed by atoms with Crippen LogP contribution in [-0.4, -0.2) is 11.8 Å². The molecule has 3 aromatic rings. The van der Waals surface area contributed by atoms with Crippen molar-refractivity contribution >= 4 is 17.5 Å². The molecule has 3 aromatic carbocycles. The Kier molecular flexibility index (Phi) is 5.67. The summed E-state index contributed by atoms with van der Waals surface area (Å²) in [6.45, 7) is 3.91. The molecular weight excluding hydrogens is 336 g/mol. The van der Waals surface area contributed by atoms with Gasteiger partial charge in [0.1, 0.15) is 0 Å². The maximum absolute atomic E-state index is 12.6. The van der Waals surface area contributed by atoms with Crippen LogP contribution in [0.2, 0.25) is 0 Å². The summed E-state index contributed by atoms with van der Waals surface area (Å²) in [6, 6.07) is 24.0. The van der Waals surface area contributed by atoms with Crippen LogP contribution in [0.3, 0.4) is 0 Å². The Hall–Kier alpha value is -3.40. The lowest BCUT2D eigenvalue weighted by Crippen LogP contribution is -2.26. The first-order chi connectivity index (χ1) is 13.0. The predicted octanol–water partition coefficient (Wildman–Crippen LogP) is 4.74. The Bertz CT molecular complexity index is 934. The Morgan fingerprint density at radius 2 is 1.48 bits per heavy atom. The van der Waals surface area contributed by atoms with Gasteiger partial charge in [-0.1, -0.05) is 54.1 Å². The van der Waals surface area contributed by atoms with Crippen LogP contribution in [0.1, 0.15) is 44.8 Å². The highest BCUT2D eigenvalue weighted by Gasteiger charge is 2.12. The quantitative estimate of drug-likeness (QED) is 0.692. The largest absolute Gasteiger partial charge is 0.346 e. The second-order valence-electron chi connectivity index (χ2n) is 6.51. The molecule has 0 saturated carbocycles. The van der Waals surface area contributed by atoms with Gasteiger partial charge in [0.2, 0.25) is 0 Å². The average molecular weight is 358 g/mol. The SMILES string of the molecule is Cc1ccc(C(=O)Nc2cccc(C(=O)NC(C)c3ccccc3)c2)cc1. The van der Waals surface area contributed by atoms with Crippen molar-refractivity contribution in [3.05, 3.63) is 101 Å². The van der Waals surface area contributed by atoms with E-state index >= 15 is 0 Å². The molecular formula is C23H22N2O2. The number of amides is 2. The molecule has 0 spiro atoms. The van der Waals surface area contributed by atoms with Gasteiger partial charge in [0, 0.05) is 16.8 Å². The molecule has 0 aromatic heterocycles. The van der Waals surface area contributed by atoms with Gasteiger partial charge < -0.3 is 10.6 Å². The van der Waals surface area contributed by atoms with E-state index in [1.807, 2.05) is 56.3 Å². The van der Waals surface area contributed by atoms with Crippen molar-refractivity contribution in [2.75, 3.05) is 5.32 Å². The van der Waals surface area contributed by atoms with Crippen molar-refractivity contribution < 1.29 is 9.59 Å². The number of carbonyl (C=O) groups is 2. The van der Waals surface area contributed by atoms with E-state index in [9.17, 15) is 9.59 Å². The summed E-state index contributed by atoms with van der Waals surface area (Å²) in [5, 5.41) is 5.82. The number of carbonyl (C=O) groups excluding carboxylic acids is 2. The second kappa shape index (κ2) is 8.32. The number of hydrogen-bond donors (Lipinski definition) is 2. The molecule has 0 radical (unpaired) electrons. The van der Waals surface area contributed by atoms with Gasteiger partial charge in [0.05, 0.1) is 6.04 Å². The van der Waals surface area contributed by atoms with E-state index < -0.39 is 0 Å². The summed E-state index contributed by atoms with van der Waals surface area (Å²) in [5.41, 5.74) is 3.79. The van der Waals surface area contributed by atoms with Crippen LogP contribution in [0.25, 0.3) is 0 Å². The number of hydrogen-bond acceptors (Lipinski definition) is 2. The Morgan fingerprint density at radius 1 is 0.778 bits per heavy atom. The third-order valence-corrected chi connectivity index (χ3v) is 4.34. The number of aryl methyl sites for hydroxylation is 1. The molecule has 1 unspecified atom stereocenters. The second-order valence-corrected chi connectivity index (χ2v) is 6.51. The molecule has 3 rings (SSSR count). The van der Waals surface area contributed by atoms with Gasteiger partial charge >= 0.3 is 0 Å². The smallest absolute Gasteiger partial charge is 0.255 e. The minimum absolute atomic E-state index is 0.107. The lowest BCUT2D eigenvalue weighted by atomic mass is 10.1. The van der Waals surface area contributed by atoms with Crippen molar-refractivity contribution in [2.45, 2.75) is 19.9 Å². The summed E-state index contributed by atoms with van der Waals surface area (Å²) in [5.74, 6) is -0.386. The zero-order chi connectivity index (χ0) is 19.2. The molecule has 0 heterocycles. The Morgan fingerprint density at radius 3 is 2.19 bits per heavy atom. The summed E-state index contributed by atoms with van der Waals surface area (Å²) in [4.78, 5) is 24.9. The van der Waals surface area contributed by atoms with Gasteiger partial charge in [0.25, 0.3) is 11.8 Å². The molecule has 0 fully saturated rings. The minimum Gasteiger partial charge on any atom is -0.346 e. The van der Waals surface area contributed by atoms with Gasteiger partial charge in [-0.05, 0) is 49.7 Å². The monoisotopic (exact) mass is 358 g/mol. The van der Waals surface area contributed by atoms with Gasteiger partial charge in [0.15, 0.2) is 0 Å². The minimum atomic E-state index is -0.204. The van der Waals surface area contributed by atoms with Gasteiger partial charge in [-0.15, -0.1) is 0 Å². The molecule has 0 aliphatic rings. The molecule has 2 amide bonds. The molecule has 0 aliphatic carbocycles. The van der Waals surface area contributed by atoms with Crippen molar-refractivity contribution in [3.8, 4) is 0 Å². The first-order valence-electron chi connectivity index (χ1n) is 8.87. The number of anilines is 1. The molecule has 1 atom stereocenters. The van der Waals surface area contributed by atoms with Crippen LogP contribution in [0, 0.1) is 6.92 Å². The summed E-state index contributed by atoms with van der Waals surface area (Å²) in [7, 11) is 0. The van der Waals surface area contributed by atoms with Crippen molar-refractivity contribution in [1.82, 2.24) is 5.32 Å². The van der Waals surface area contributed by atoms with Crippen LogP contribution in [0.4, 0.5) is 5.69 Å². The number of rotatable bonds is 5. The topological polar surface area (TPSA) is 58.2 Å².